The number of rotatable bonds is 10. The second-order valence-corrected chi connectivity index (χ2v) is 8.12. The second-order valence-electron chi connectivity index (χ2n) is 8.12. The van der Waals surface area contributed by atoms with Crippen LogP contribution in [0.15, 0.2) is 24.0 Å². The van der Waals surface area contributed by atoms with Crippen LogP contribution in [-0.4, -0.2) is 81.0 Å². The third-order valence-electron chi connectivity index (χ3n) is 5.78. The van der Waals surface area contributed by atoms with Crippen LogP contribution in [0, 0.1) is 11.8 Å². The molecule has 0 spiro atoms. The number of aliphatic hydroxyl groups is 2. The Kier molecular flexibility index (Phi) is 10.8. The molecule has 2 fully saturated rings. The molecular formula is C21H33F2NaO5. The molecule has 162 valence electrons. The zero-order valence-corrected chi connectivity index (χ0v) is 16.6. The zero-order valence-electron chi connectivity index (χ0n) is 16.6. The number of ether oxygens (including phenoxy) is 1. The van der Waals surface area contributed by atoms with Crippen molar-refractivity contribution in [3.05, 3.63) is 24.0 Å². The van der Waals surface area contributed by atoms with Gasteiger partial charge in [0.15, 0.2) is 6.17 Å². The minimum absolute atomic E-state index is 0. The summed E-state index contributed by atoms with van der Waals surface area (Å²) in [6.07, 6.45) is 3.20. The van der Waals surface area contributed by atoms with Gasteiger partial charge in [-0.15, -0.1) is 0 Å². The number of allylic oxidation sites excluding steroid dienone is 2. The summed E-state index contributed by atoms with van der Waals surface area (Å²) in [4.78, 5) is 10.5. The predicted molar refractivity (Wildman–Crippen MR) is 108 cm³/mol. The molecule has 3 N–H and O–H groups in total. The standard InChI is InChI=1S/C21H32F2O5.Na.H/c1-3-4-11-21(2,23)17(25)10-9-13-14(24)12-16-19(13)20(22)15(28-16)7-5-6-8-18(26)27;;/h7,9-10,13-14,16-17,19-20,24-25H,3-6,8,11-12H2,1-2H3,(H,26,27);;/b10-9+,15-7-;;/t13-,14+,16-,17+,19+,20?,21?;;/m0../s1. The Labute approximate surface area is 193 Å². The number of carboxylic acid groups (broad SMARTS) is 1. The fraction of sp³-hybridized carbons (Fsp3) is 0.762. The van der Waals surface area contributed by atoms with E-state index in [1.54, 1.807) is 6.08 Å². The van der Waals surface area contributed by atoms with Crippen LogP contribution in [0.1, 0.15) is 58.8 Å². The number of aliphatic carboxylic acids is 1. The van der Waals surface area contributed by atoms with Gasteiger partial charge in [0.2, 0.25) is 0 Å². The summed E-state index contributed by atoms with van der Waals surface area (Å²) in [7, 11) is 0. The van der Waals surface area contributed by atoms with Crippen molar-refractivity contribution < 1.29 is 33.6 Å². The number of carboxylic acids is 1. The van der Waals surface area contributed by atoms with E-state index in [9.17, 15) is 23.8 Å². The molecule has 8 heteroatoms. The number of alkyl halides is 2. The summed E-state index contributed by atoms with van der Waals surface area (Å²) < 4.78 is 35.1. The third-order valence-corrected chi connectivity index (χ3v) is 5.78. The number of halogens is 2. The van der Waals surface area contributed by atoms with Crippen molar-refractivity contribution in [3.8, 4) is 0 Å². The van der Waals surface area contributed by atoms with E-state index in [0.717, 1.165) is 6.42 Å². The molecule has 1 heterocycles. The van der Waals surface area contributed by atoms with Gasteiger partial charge >= 0.3 is 35.5 Å². The van der Waals surface area contributed by atoms with Gasteiger partial charge in [0.05, 0.1) is 6.10 Å². The summed E-state index contributed by atoms with van der Waals surface area (Å²) in [5.41, 5.74) is -1.77. The van der Waals surface area contributed by atoms with Crippen molar-refractivity contribution in [1.29, 1.82) is 0 Å². The Morgan fingerprint density at radius 3 is 2.72 bits per heavy atom. The Bertz CT molecular complexity index is 596. The van der Waals surface area contributed by atoms with E-state index in [-0.39, 0.29) is 54.6 Å². The fourth-order valence-electron chi connectivity index (χ4n) is 4.02. The van der Waals surface area contributed by atoms with Crippen molar-refractivity contribution in [1.82, 2.24) is 0 Å². The van der Waals surface area contributed by atoms with E-state index in [0.29, 0.717) is 19.3 Å². The first-order valence-electron chi connectivity index (χ1n) is 10.1. The topological polar surface area (TPSA) is 87.0 Å². The van der Waals surface area contributed by atoms with Gasteiger partial charge in [0.25, 0.3) is 0 Å². The van der Waals surface area contributed by atoms with Gasteiger partial charge in [-0.05, 0) is 32.3 Å². The normalized spacial score (nSPS) is 33.2. The third kappa shape index (κ3) is 7.03. The first-order valence-corrected chi connectivity index (χ1v) is 10.1. The van der Waals surface area contributed by atoms with Gasteiger partial charge in [-0.2, -0.15) is 0 Å². The molecular weight excluding hydrogens is 393 g/mol. The zero-order chi connectivity index (χ0) is 20.9. The van der Waals surface area contributed by atoms with Crippen molar-refractivity contribution in [3.63, 3.8) is 0 Å². The Hall–Kier alpha value is -0.470. The van der Waals surface area contributed by atoms with E-state index in [2.05, 4.69) is 0 Å². The number of hydrogen-bond acceptors (Lipinski definition) is 4. The van der Waals surface area contributed by atoms with Crippen LogP contribution in [0.4, 0.5) is 8.78 Å². The maximum absolute atomic E-state index is 14.9. The van der Waals surface area contributed by atoms with Crippen LogP contribution in [-0.2, 0) is 9.53 Å². The molecule has 0 aromatic carbocycles. The molecule has 2 rings (SSSR count). The molecule has 29 heavy (non-hydrogen) atoms. The molecule has 1 aliphatic carbocycles. The van der Waals surface area contributed by atoms with E-state index in [4.69, 9.17) is 9.84 Å². The number of fused-ring (bicyclic) bond motifs is 1. The van der Waals surface area contributed by atoms with Crippen LogP contribution < -0.4 is 0 Å². The van der Waals surface area contributed by atoms with Crippen LogP contribution in [0.3, 0.4) is 0 Å². The number of unbranched alkanes of at least 4 members (excludes halogenated alkanes) is 2. The van der Waals surface area contributed by atoms with E-state index < -0.39 is 48.0 Å². The Morgan fingerprint density at radius 1 is 1.41 bits per heavy atom. The number of hydrogen-bond donors (Lipinski definition) is 3. The molecule has 7 atom stereocenters. The molecule has 0 radical (unpaired) electrons. The summed E-state index contributed by atoms with van der Waals surface area (Å²) in [6.45, 7) is 3.29. The molecule has 1 saturated heterocycles. The van der Waals surface area contributed by atoms with E-state index in [1.165, 1.54) is 19.1 Å². The van der Waals surface area contributed by atoms with Crippen molar-refractivity contribution in [2.45, 2.75) is 88.9 Å². The van der Waals surface area contributed by atoms with Gasteiger partial charge in [0.1, 0.15) is 23.6 Å². The monoisotopic (exact) mass is 426 g/mol. The predicted octanol–water partition coefficient (Wildman–Crippen LogP) is 3.05. The molecule has 2 aliphatic rings. The molecule has 1 aliphatic heterocycles. The van der Waals surface area contributed by atoms with Gasteiger partial charge in [-0.3, -0.25) is 4.79 Å². The Morgan fingerprint density at radius 2 is 2.10 bits per heavy atom. The molecule has 2 unspecified atom stereocenters. The van der Waals surface area contributed by atoms with Gasteiger partial charge < -0.3 is 20.1 Å². The van der Waals surface area contributed by atoms with E-state index in [1.807, 2.05) is 6.92 Å². The van der Waals surface area contributed by atoms with Crippen LogP contribution in [0.5, 0.6) is 0 Å². The van der Waals surface area contributed by atoms with Gasteiger partial charge in [-0.25, -0.2) is 8.78 Å². The fourth-order valence-corrected chi connectivity index (χ4v) is 4.02. The SMILES string of the molecule is CCCCC(C)(F)[C@H](O)/C=C/[C@@H]1[C@H]2C(F)/C(=C/CCCC(=O)O)O[C@H]2C[C@H]1O.[NaH]. The Balaban J connectivity index is 0.00000420. The van der Waals surface area contributed by atoms with Crippen molar-refractivity contribution >= 4 is 35.5 Å². The maximum atomic E-state index is 14.9. The first kappa shape index (κ1) is 26.6. The second kappa shape index (κ2) is 11.8. The average molecular weight is 426 g/mol. The molecule has 0 amide bonds. The molecule has 0 aromatic rings. The molecule has 5 nitrogen and oxygen atoms in total. The van der Waals surface area contributed by atoms with Crippen molar-refractivity contribution in [2.75, 3.05) is 0 Å². The van der Waals surface area contributed by atoms with Gasteiger partial charge in [-0.1, -0.05) is 31.9 Å². The summed E-state index contributed by atoms with van der Waals surface area (Å²) >= 11 is 0. The average Bonchev–Trinajstić information content (AvgIpc) is 3.09. The molecule has 0 bridgehead atoms. The molecule has 1 saturated carbocycles. The van der Waals surface area contributed by atoms with Crippen molar-refractivity contribution in [2.24, 2.45) is 11.8 Å². The summed E-state index contributed by atoms with van der Waals surface area (Å²) in [5, 5.41) is 29.1. The van der Waals surface area contributed by atoms with Crippen LogP contribution >= 0.6 is 0 Å². The number of carbonyl (C=O) groups is 1. The van der Waals surface area contributed by atoms with Gasteiger partial charge in [0, 0.05) is 24.7 Å². The minimum atomic E-state index is -1.77. The summed E-state index contributed by atoms with van der Waals surface area (Å²) in [6, 6.07) is 0. The quantitative estimate of drug-likeness (QED) is 0.284. The van der Waals surface area contributed by atoms with E-state index >= 15 is 0 Å². The molecule has 0 aromatic heterocycles. The summed E-state index contributed by atoms with van der Waals surface area (Å²) in [5.74, 6) is -1.87. The van der Waals surface area contributed by atoms with Crippen LogP contribution in [0.2, 0.25) is 0 Å². The first-order chi connectivity index (χ1) is 13.2. The van der Waals surface area contributed by atoms with Crippen LogP contribution in [0.25, 0.3) is 0 Å². The number of aliphatic hydroxyl groups excluding tert-OH is 2.